The second-order valence-electron chi connectivity index (χ2n) is 7.07. The van der Waals surface area contributed by atoms with E-state index in [1.165, 1.54) is 25.7 Å². The van der Waals surface area contributed by atoms with E-state index in [0.717, 1.165) is 17.8 Å². The third-order valence-corrected chi connectivity index (χ3v) is 4.95. The fraction of sp³-hybridized carbons (Fsp3) is 0.833. The summed E-state index contributed by atoms with van der Waals surface area (Å²) in [5.41, 5.74) is 0. The molecule has 2 rings (SSSR count). The number of rotatable bonds is 7. The summed E-state index contributed by atoms with van der Waals surface area (Å²) in [6.07, 6.45) is 4.81. The summed E-state index contributed by atoms with van der Waals surface area (Å²) in [6.45, 7) is 9.59. The van der Waals surface area contributed by atoms with Crippen LogP contribution in [0.25, 0.3) is 0 Å². The van der Waals surface area contributed by atoms with Crippen molar-refractivity contribution in [3.05, 3.63) is 11.7 Å². The molecule has 1 saturated carbocycles. The molecule has 7 nitrogen and oxygen atoms in total. The van der Waals surface area contributed by atoms with Crippen molar-refractivity contribution < 1.29 is 9.26 Å². The van der Waals surface area contributed by atoms with Gasteiger partial charge in [-0.15, -0.1) is 0 Å². The Bertz CT molecular complexity index is 535. The van der Waals surface area contributed by atoms with Crippen LogP contribution in [0.3, 0.4) is 0 Å². The molecule has 0 aromatic carbocycles. The molecule has 0 radical (unpaired) electrons. The van der Waals surface area contributed by atoms with Crippen molar-refractivity contribution in [1.82, 2.24) is 20.8 Å². The lowest BCUT2D eigenvalue weighted by atomic mass is 9.80. The van der Waals surface area contributed by atoms with Crippen molar-refractivity contribution in [2.75, 3.05) is 13.7 Å². The Labute approximate surface area is 151 Å². The maximum absolute atomic E-state index is 5.47. The summed E-state index contributed by atoms with van der Waals surface area (Å²) < 4.78 is 10.7. The molecular formula is C18H33N5O2. The molecule has 1 aliphatic rings. The minimum absolute atomic E-state index is 0.156. The van der Waals surface area contributed by atoms with E-state index in [2.05, 4.69) is 39.6 Å². The minimum atomic E-state index is -0.156. The van der Waals surface area contributed by atoms with Crippen LogP contribution in [0.4, 0.5) is 0 Å². The van der Waals surface area contributed by atoms with Crippen LogP contribution in [0.15, 0.2) is 9.52 Å². The predicted molar refractivity (Wildman–Crippen MR) is 98.3 cm³/mol. The number of aliphatic imine (C=N–C) groups is 1. The zero-order valence-electron chi connectivity index (χ0n) is 16.2. The van der Waals surface area contributed by atoms with Gasteiger partial charge in [-0.2, -0.15) is 4.98 Å². The maximum atomic E-state index is 5.47. The van der Waals surface area contributed by atoms with Gasteiger partial charge in [-0.05, 0) is 51.4 Å². The van der Waals surface area contributed by atoms with Crippen LogP contribution in [0.2, 0.25) is 0 Å². The van der Waals surface area contributed by atoms with Crippen molar-refractivity contribution in [3.8, 4) is 0 Å². The molecule has 0 aliphatic heterocycles. The molecule has 7 heteroatoms. The van der Waals surface area contributed by atoms with Crippen molar-refractivity contribution in [2.45, 2.75) is 72.1 Å². The first-order valence-corrected chi connectivity index (χ1v) is 9.44. The summed E-state index contributed by atoms with van der Waals surface area (Å²) in [4.78, 5) is 8.67. The molecule has 2 N–H and O–H groups in total. The zero-order chi connectivity index (χ0) is 18.2. The van der Waals surface area contributed by atoms with E-state index in [-0.39, 0.29) is 6.10 Å². The fourth-order valence-electron chi connectivity index (χ4n) is 3.31. The topological polar surface area (TPSA) is 84.6 Å². The lowest BCUT2D eigenvalue weighted by Crippen LogP contribution is -2.44. The van der Waals surface area contributed by atoms with Gasteiger partial charge in [0.25, 0.3) is 0 Å². The summed E-state index contributed by atoms with van der Waals surface area (Å²) in [5.74, 6) is 3.54. The van der Waals surface area contributed by atoms with Crippen LogP contribution in [-0.2, 0) is 11.3 Å². The van der Waals surface area contributed by atoms with Crippen molar-refractivity contribution in [3.63, 3.8) is 0 Å². The molecule has 1 heterocycles. The molecule has 1 atom stereocenters. The quantitative estimate of drug-likeness (QED) is 0.580. The van der Waals surface area contributed by atoms with E-state index >= 15 is 0 Å². The lowest BCUT2D eigenvalue weighted by molar-refractivity contribution is 0.0683. The molecule has 1 aromatic heterocycles. The minimum Gasteiger partial charge on any atom is -0.371 e. The van der Waals surface area contributed by atoms with E-state index in [1.807, 2.05) is 13.8 Å². The molecule has 0 amide bonds. The van der Waals surface area contributed by atoms with Crippen molar-refractivity contribution in [1.29, 1.82) is 0 Å². The molecule has 0 spiro atoms. The normalized spacial score (nSPS) is 22.9. The first-order chi connectivity index (χ1) is 12.0. The summed E-state index contributed by atoms with van der Waals surface area (Å²) >= 11 is 0. The first-order valence-electron chi connectivity index (χ1n) is 9.44. The van der Waals surface area contributed by atoms with Crippen LogP contribution in [0.1, 0.15) is 71.2 Å². The number of hydrogen-bond acceptors (Lipinski definition) is 5. The van der Waals surface area contributed by atoms with E-state index in [1.54, 1.807) is 7.05 Å². The molecule has 25 heavy (non-hydrogen) atoms. The maximum Gasteiger partial charge on any atom is 0.246 e. The average molecular weight is 351 g/mol. The van der Waals surface area contributed by atoms with Gasteiger partial charge in [-0.1, -0.05) is 19.0 Å². The lowest BCUT2D eigenvalue weighted by Gasteiger charge is -2.32. The Balaban J connectivity index is 1.77. The molecular weight excluding hydrogens is 318 g/mol. The van der Waals surface area contributed by atoms with Gasteiger partial charge in [0, 0.05) is 19.7 Å². The predicted octanol–water partition coefficient (Wildman–Crippen LogP) is 3.05. The number of guanidine groups is 1. The third-order valence-electron chi connectivity index (χ3n) is 4.95. The zero-order valence-corrected chi connectivity index (χ0v) is 16.2. The molecule has 1 unspecified atom stereocenters. The van der Waals surface area contributed by atoms with Gasteiger partial charge in [0.05, 0.1) is 6.54 Å². The number of aromatic nitrogens is 2. The summed E-state index contributed by atoms with van der Waals surface area (Å²) in [5, 5.41) is 10.7. The van der Waals surface area contributed by atoms with Gasteiger partial charge in [0.15, 0.2) is 11.8 Å². The third kappa shape index (κ3) is 5.99. The van der Waals surface area contributed by atoms with Crippen LogP contribution < -0.4 is 10.6 Å². The standard InChI is InChI=1S/C18H33N5O2/c1-6-24-13(4)17-22-16(25-23-17)11-20-18(19-5)21-15-9-7-14(8-10-15)12(2)3/h12-15H,6-11H2,1-5H3,(H2,19,20,21). The van der Waals surface area contributed by atoms with E-state index in [9.17, 15) is 0 Å². The Morgan fingerprint density at radius 1 is 1.28 bits per heavy atom. The Kier molecular flexibility index (Phi) is 7.68. The second-order valence-corrected chi connectivity index (χ2v) is 7.07. The van der Waals surface area contributed by atoms with Gasteiger partial charge < -0.3 is 19.9 Å². The number of nitrogens with one attached hydrogen (secondary N) is 2. The second kappa shape index (κ2) is 9.75. The highest BCUT2D eigenvalue weighted by Gasteiger charge is 2.23. The Hall–Kier alpha value is -1.63. The van der Waals surface area contributed by atoms with Gasteiger partial charge in [-0.3, -0.25) is 4.99 Å². The van der Waals surface area contributed by atoms with E-state index < -0.39 is 0 Å². The first kappa shape index (κ1) is 19.7. The van der Waals surface area contributed by atoms with E-state index in [0.29, 0.717) is 30.9 Å². The van der Waals surface area contributed by atoms with Crippen LogP contribution in [0, 0.1) is 11.8 Å². The molecule has 0 saturated heterocycles. The highest BCUT2D eigenvalue weighted by Crippen LogP contribution is 2.29. The molecule has 1 fully saturated rings. The van der Waals surface area contributed by atoms with Gasteiger partial charge in [0.2, 0.25) is 5.89 Å². The van der Waals surface area contributed by atoms with Crippen molar-refractivity contribution >= 4 is 5.96 Å². The smallest absolute Gasteiger partial charge is 0.246 e. The Morgan fingerprint density at radius 2 is 2.00 bits per heavy atom. The SMILES string of the molecule is CCOC(C)c1noc(CNC(=NC)NC2CCC(C(C)C)CC2)n1. The largest absolute Gasteiger partial charge is 0.371 e. The van der Waals surface area contributed by atoms with Gasteiger partial charge >= 0.3 is 0 Å². The van der Waals surface area contributed by atoms with Crippen LogP contribution in [0.5, 0.6) is 0 Å². The van der Waals surface area contributed by atoms with Gasteiger partial charge in [-0.25, -0.2) is 0 Å². The number of nitrogens with zero attached hydrogens (tertiary/aromatic N) is 3. The highest BCUT2D eigenvalue weighted by atomic mass is 16.5. The number of ether oxygens (including phenoxy) is 1. The monoisotopic (exact) mass is 351 g/mol. The Morgan fingerprint density at radius 3 is 2.60 bits per heavy atom. The van der Waals surface area contributed by atoms with Crippen molar-refractivity contribution in [2.24, 2.45) is 16.8 Å². The van der Waals surface area contributed by atoms with E-state index in [4.69, 9.17) is 9.26 Å². The summed E-state index contributed by atoms with van der Waals surface area (Å²) in [7, 11) is 1.78. The molecule has 1 aliphatic carbocycles. The highest BCUT2D eigenvalue weighted by molar-refractivity contribution is 5.79. The molecule has 142 valence electrons. The van der Waals surface area contributed by atoms with Gasteiger partial charge in [0.1, 0.15) is 6.10 Å². The number of hydrogen-bond donors (Lipinski definition) is 2. The van der Waals surface area contributed by atoms with Crippen LogP contribution >= 0.6 is 0 Å². The fourth-order valence-corrected chi connectivity index (χ4v) is 3.31. The molecule has 0 bridgehead atoms. The molecule has 1 aromatic rings. The van der Waals surface area contributed by atoms with Crippen LogP contribution in [-0.4, -0.2) is 35.8 Å². The average Bonchev–Trinajstić information content (AvgIpc) is 3.08. The summed E-state index contributed by atoms with van der Waals surface area (Å²) in [6, 6.07) is 0.484.